The Morgan fingerprint density at radius 1 is 0.929 bits per heavy atom. The largest absolute Gasteiger partial charge is 0.303 e. The van der Waals surface area contributed by atoms with Crippen LogP contribution in [0.1, 0.15) is 30.5 Å². The maximum absolute atomic E-state index is 12.7. The van der Waals surface area contributed by atoms with E-state index in [2.05, 4.69) is 0 Å². The van der Waals surface area contributed by atoms with Crippen LogP contribution in [0.2, 0.25) is 10.0 Å². The number of carbonyl (C=O) groups is 1. The van der Waals surface area contributed by atoms with E-state index >= 15 is 0 Å². The van der Waals surface area contributed by atoms with Crippen molar-refractivity contribution in [2.45, 2.75) is 19.4 Å². The number of hydrogen-bond donors (Lipinski definition) is 0. The Morgan fingerprint density at radius 2 is 1.54 bits per heavy atom. The van der Waals surface area contributed by atoms with Gasteiger partial charge in [-0.15, -0.1) is 0 Å². The number of nitrogens with zero attached hydrogens (tertiary/aromatic N) is 2. The molecule has 3 aromatic rings. The van der Waals surface area contributed by atoms with Crippen LogP contribution in [0.3, 0.4) is 0 Å². The highest BCUT2D eigenvalue weighted by molar-refractivity contribution is 6.31. The van der Waals surface area contributed by atoms with Gasteiger partial charge in [0.25, 0.3) is 0 Å². The van der Waals surface area contributed by atoms with E-state index in [-0.39, 0.29) is 11.9 Å². The minimum Gasteiger partial charge on any atom is -0.303 e. The average molecular weight is 409 g/mol. The molecule has 28 heavy (non-hydrogen) atoms. The molecule has 1 amide bonds. The fourth-order valence-electron chi connectivity index (χ4n) is 3.56. The number of hydrogen-bond acceptors (Lipinski definition) is 2. The summed E-state index contributed by atoms with van der Waals surface area (Å²) in [4.78, 5) is 19.4. The SMILES string of the molecule is CC(=O)N1c2ccccc2N=C(c2ccc(Cl)cc2)C[C@H]1c1ccc(Cl)cc1. The fraction of sp³-hybridized carbons (Fsp3) is 0.130. The van der Waals surface area contributed by atoms with Crippen molar-refractivity contribution in [2.75, 3.05) is 4.90 Å². The van der Waals surface area contributed by atoms with E-state index in [1.54, 1.807) is 6.92 Å². The lowest BCUT2D eigenvalue weighted by Crippen LogP contribution is -2.33. The number of aliphatic imine (C=N–C) groups is 1. The van der Waals surface area contributed by atoms with Crippen molar-refractivity contribution in [2.24, 2.45) is 4.99 Å². The zero-order valence-electron chi connectivity index (χ0n) is 15.3. The molecular weight excluding hydrogens is 391 g/mol. The van der Waals surface area contributed by atoms with Crippen molar-refractivity contribution >= 4 is 46.2 Å². The van der Waals surface area contributed by atoms with Crippen LogP contribution in [0.4, 0.5) is 11.4 Å². The predicted octanol–water partition coefficient (Wildman–Crippen LogP) is 6.61. The molecule has 0 aromatic heterocycles. The Kier molecular flexibility index (Phi) is 5.21. The van der Waals surface area contributed by atoms with Gasteiger partial charge in [-0.25, -0.2) is 0 Å². The van der Waals surface area contributed by atoms with Gasteiger partial charge in [-0.3, -0.25) is 9.79 Å². The van der Waals surface area contributed by atoms with Crippen molar-refractivity contribution in [1.82, 2.24) is 0 Å². The van der Waals surface area contributed by atoms with Crippen molar-refractivity contribution in [3.05, 3.63) is 94.0 Å². The zero-order valence-corrected chi connectivity index (χ0v) is 16.8. The summed E-state index contributed by atoms with van der Waals surface area (Å²) in [6.45, 7) is 1.59. The minimum atomic E-state index is -0.187. The normalized spacial score (nSPS) is 16.2. The minimum absolute atomic E-state index is 0.0278. The van der Waals surface area contributed by atoms with Crippen molar-refractivity contribution in [3.63, 3.8) is 0 Å². The van der Waals surface area contributed by atoms with Crippen LogP contribution in [0.25, 0.3) is 0 Å². The van der Waals surface area contributed by atoms with E-state index < -0.39 is 0 Å². The van der Waals surface area contributed by atoms with Gasteiger partial charge in [-0.1, -0.05) is 59.6 Å². The number of rotatable bonds is 2. The Morgan fingerprint density at radius 3 is 2.18 bits per heavy atom. The maximum Gasteiger partial charge on any atom is 0.224 e. The van der Waals surface area contributed by atoms with Gasteiger partial charge >= 0.3 is 0 Å². The summed E-state index contributed by atoms with van der Waals surface area (Å²) in [6, 6.07) is 22.8. The van der Waals surface area contributed by atoms with Gasteiger partial charge in [0.1, 0.15) is 0 Å². The fourth-order valence-corrected chi connectivity index (χ4v) is 3.81. The molecule has 0 bridgehead atoms. The molecule has 1 atom stereocenters. The van der Waals surface area contributed by atoms with E-state index in [4.69, 9.17) is 28.2 Å². The summed E-state index contributed by atoms with van der Waals surface area (Å²) in [5.41, 5.74) is 4.49. The first kappa shape index (κ1) is 18.7. The summed E-state index contributed by atoms with van der Waals surface area (Å²) in [5.74, 6) is -0.0278. The lowest BCUT2D eigenvalue weighted by Gasteiger charge is -2.30. The molecule has 1 heterocycles. The number of amides is 1. The highest BCUT2D eigenvalue weighted by Crippen LogP contribution is 2.40. The molecule has 0 N–H and O–H groups in total. The van der Waals surface area contributed by atoms with Crippen LogP contribution < -0.4 is 4.90 Å². The van der Waals surface area contributed by atoms with Gasteiger partial charge in [0.05, 0.1) is 23.1 Å². The second-order valence-electron chi connectivity index (χ2n) is 6.71. The van der Waals surface area contributed by atoms with E-state index in [0.29, 0.717) is 16.5 Å². The summed E-state index contributed by atoms with van der Waals surface area (Å²) < 4.78 is 0. The van der Waals surface area contributed by atoms with E-state index in [1.807, 2.05) is 77.7 Å². The molecule has 4 rings (SSSR count). The second-order valence-corrected chi connectivity index (χ2v) is 7.59. The molecule has 0 saturated carbocycles. The molecule has 0 saturated heterocycles. The predicted molar refractivity (Wildman–Crippen MR) is 116 cm³/mol. The quantitative estimate of drug-likeness (QED) is 0.469. The summed E-state index contributed by atoms with van der Waals surface area (Å²) in [6.07, 6.45) is 0.581. The molecule has 0 unspecified atom stereocenters. The van der Waals surface area contributed by atoms with Gasteiger partial charge in [0.15, 0.2) is 0 Å². The first-order valence-corrected chi connectivity index (χ1v) is 9.76. The highest BCUT2D eigenvalue weighted by atomic mass is 35.5. The molecule has 3 nitrogen and oxygen atoms in total. The van der Waals surface area contributed by atoms with Crippen molar-refractivity contribution in [1.29, 1.82) is 0 Å². The second kappa shape index (κ2) is 7.78. The summed E-state index contributed by atoms with van der Waals surface area (Å²) in [5, 5.41) is 1.34. The van der Waals surface area contributed by atoms with Crippen LogP contribution in [0.5, 0.6) is 0 Å². The molecular formula is C23H18Cl2N2O. The monoisotopic (exact) mass is 408 g/mol. The van der Waals surface area contributed by atoms with Gasteiger partial charge in [0.2, 0.25) is 5.91 Å². The Bertz CT molecular complexity index is 1040. The van der Waals surface area contributed by atoms with Crippen LogP contribution in [0.15, 0.2) is 77.8 Å². The molecule has 140 valence electrons. The average Bonchev–Trinajstić information content (AvgIpc) is 2.86. The molecule has 0 aliphatic carbocycles. The smallest absolute Gasteiger partial charge is 0.224 e. The topological polar surface area (TPSA) is 32.7 Å². The molecule has 1 aliphatic rings. The molecule has 0 spiro atoms. The number of fused-ring (bicyclic) bond motifs is 1. The van der Waals surface area contributed by atoms with Gasteiger partial charge < -0.3 is 4.90 Å². The first-order valence-electron chi connectivity index (χ1n) is 9.01. The number of para-hydroxylation sites is 2. The zero-order chi connectivity index (χ0) is 19.7. The molecule has 0 radical (unpaired) electrons. The van der Waals surface area contributed by atoms with Gasteiger partial charge in [0, 0.05) is 23.4 Å². The highest BCUT2D eigenvalue weighted by Gasteiger charge is 2.30. The third-order valence-electron chi connectivity index (χ3n) is 4.87. The third kappa shape index (κ3) is 3.68. The van der Waals surface area contributed by atoms with Crippen molar-refractivity contribution in [3.8, 4) is 0 Å². The lowest BCUT2D eigenvalue weighted by atomic mass is 9.96. The van der Waals surface area contributed by atoms with E-state index in [0.717, 1.165) is 28.2 Å². The summed E-state index contributed by atoms with van der Waals surface area (Å²) in [7, 11) is 0. The molecule has 0 fully saturated rings. The van der Waals surface area contributed by atoms with Gasteiger partial charge in [-0.05, 0) is 47.5 Å². The number of halogens is 2. The van der Waals surface area contributed by atoms with Crippen molar-refractivity contribution < 1.29 is 4.79 Å². The number of benzene rings is 3. The molecule has 3 aromatic carbocycles. The first-order chi connectivity index (χ1) is 13.5. The van der Waals surface area contributed by atoms with Crippen LogP contribution >= 0.6 is 23.2 Å². The number of anilines is 1. The molecule has 5 heteroatoms. The molecule has 1 aliphatic heterocycles. The van der Waals surface area contributed by atoms with E-state index in [1.165, 1.54) is 0 Å². The standard InChI is InChI=1S/C23H18Cl2N2O/c1-15(28)27-22-5-3-2-4-20(22)26-21(16-6-10-18(24)11-7-16)14-23(27)17-8-12-19(25)13-9-17/h2-13,23H,14H2,1H3/t23-/m0/s1. The lowest BCUT2D eigenvalue weighted by molar-refractivity contribution is -0.117. The Hall–Kier alpha value is -2.62. The Balaban J connectivity index is 1.89. The number of carbonyl (C=O) groups excluding carboxylic acids is 1. The Labute approximate surface area is 174 Å². The van der Waals surface area contributed by atoms with Crippen LogP contribution in [-0.4, -0.2) is 11.6 Å². The van der Waals surface area contributed by atoms with Gasteiger partial charge in [-0.2, -0.15) is 0 Å². The summed E-state index contributed by atoms with van der Waals surface area (Å²) >= 11 is 12.1. The maximum atomic E-state index is 12.7. The van der Waals surface area contributed by atoms with Crippen LogP contribution in [0, 0.1) is 0 Å². The van der Waals surface area contributed by atoms with Crippen LogP contribution in [-0.2, 0) is 4.79 Å². The van der Waals surface area contributed by atoms with E-state index in [9.17, 15) is 4.79 Å². The third-order valence-corrected chi connectivity index (χ3v) is 5.37.